The first-order valence-corrected chi connectivity index (χ1v) is 9.83. The first-order chi connectivity index (χ1) is 14.1. The molecule has 0 spiro atoms. The fraction of sp³-hybridized carbons (Fsp3) is 0.211. The molecule has 3 aromatic rings. The van der Waals surface area contributed by atoms with E-state index in [0.717, 1.165) is 11.8 Å². The summed E-state index contributed by atoms with van der Waals surface area (Å²) in [6.07, 6.45) is -0.267. The van der Waals surface area contributed by atoms with Crippen LogP contribution in [-0.2, 0) is 4.79 Å². The standard InChI is InChI=1S/C19H18FN5O3S/c20-13-5-3-4-12(8-13)18-23-24-19(25(18)21)29-11-17(26)22-9-14-10-27-15-6-1-2-7-16(15)28-14/h1-8,14H,9-11,21H2,(H,22,26)/t14-/m1/s1. The van der Waals surface area contributed by atoms with Gasteiger partial charge >= 0.3 is 0 Å². The van der Waals surface area contributed by atoms with Gasteiger partial charge in [0.05, 0.1) is 12.3 Å². The van der Waals surface area contributed by atoms with Crippen molar-refractivity contribution in [3.05, 3.63) is 54.3 Å². The highest BCUT2D eigenvalue weighted by Crippen LogP contribution is 2.30. The van der Waals surface area contributed by atoms with Crippen molar-refractivity contribution in [1.82, 2.24) is 20.2 Å². The molecule has 1 amide bonds. The maximum Gasteiger partial charge on any atom is 0.230 e. The van der Waals surface area contributed by atoms with Gasteiger partial charge in [0.2, 0.25) is 11.1 Å². The molecule has 0 unspecified atom stereocenters. The number of nitrogen functional groups attached to an aromatic ring is 1. The quantitative estimate of drug-likeness (QED) is 0.468. The number of hydrogen-bond acceptors (Lipinski definition) is 7. The lowest BCUT2D eigenvalue weighted by Crippen LogP contribution is -2.41. The van der Waals surface area contributed by atoms with E-state index in [1.807, 2.05) is 24.3 Å². The van der Waals surface area contributed by atoms with Crippen LogP contribution < -0.4 is 20.6 Å². The zero-order valence-electron chi connectivity index (χ0n) is 15.2. The Morgan fingerprint density at radius 3 is 2.90 bits per heavy atom. The van der Waals surface area contributed by atoms with Crippen LogP contribution in [0.2, 0.25) is 0 Å². The molecule has 0 fully saturated rings. The predicted octanol–water partition coefficient (Wildman–Crippen LogP) is 1.85. The highest BCUT2D eigenvalue weighted by Gasteiger charge is 2.21. The summed E-state index contributed by atoms with van der Waals surface area (Å²) in [5.74, 6) is 7.17. The summed E-state index contributed by atoms with van der Waals surface area (Å²) >= 11 is 1.14. The SMILES string of the molecule is Nn1c(SCC(=O)NC[C@@H]2COc3ccccc3O2)nnc1-c1cccc(F)c1. The number of amides is 1. The van der Waals surface area contributed by atoms with Crippen LogP contribution in [0.4, 0.5) is 4.39 Å². The smallest absolute Gasteiger partial charge is 0.230 e. The van der Waals surface area contributed by atoms with E-state index in [4.69, 9.17) is 15.3 Å². The minimum absolute atomic E-state index is 0.0998. The Bertz CT molecular complexity index is 1030. The lowest BCUT2D eigenvalue weighted by molar-refractivity contribution is -0.119. The van der Waals surface area contributed by atoms with Gasteiger partial charge in [-0.1, -0.05) is 36.0 Å². The number of carbonyl (C=O) groups excluding carboxylic acids is 1. The molecule has 1 aliphatic rings. The number of rotatable bonds is 6. The molecule has 3 N–H and O–H groups in total. The van der Waals surface area contributed by atoms with Crippen molar-refractivity contribution in [3.8, 4) is 22.9 Å². The van der Waals surface area contributed by atoms with Gasteiger partial charge in [0.25, 0.3) is 0 Å². The molecule has 2 aromatic carbocycles. The Hall–Kier alpha value is -3.27. The summed E-state index contributed by atoms with van der Waals surface area (Å²) in [5, 5.41) is 11.1. The molecule has 0 saturated heterocycles. The average molecular weight is 415 g/mol. The fourth-order valence-electron chi connectivity index (χ4n) is 2.77. The van der Waals surface area contributed by atoms with Crippen molar-refractivity contribution in [2.45, 2.75) is 11.3 Å². The molecule has 0 saturated carbocycles. The van der Waals surface area contributed by atoms with Crippen LogP contribution in [0.3, 0.4) is 0 Å². The molecule has 1 aliphatic heterocycles. The summed E-state index contributed by atoms with van der Waals surface area (Å²) in [6.45, 7) is 0.677. The number of halogens is 1. The Morgan fingerprint density at radius 1 is 1.24 bits per heavy atom. The van der Waals surface area contributed by atoms with Crippen LogP contribution in [0.1, 0.15) is 0 Å². The number of benzene rings is 2. The van der Waals surface area contributed by atoms with Gasteiger partial charge in [-0.25, -0.2) is 9.07 Å². The van der Waals surface area contributed by atoms with E-state index in [-0.39, 0.29) is 17.8 Å². The van der Waals surface area contributed by atoms with E-state index < -0.39 is 5.82 Å². The number of nitrogens with two attached hydrogens (primary N) is 1. The lowest BCUT2D eigenvalue weighted by Gasteiger charge is -2.26. The number of ether oxygens (including phenoxy) is 2. The normalized spacial score (nSPS) is 15.1. The number of carbonyl (C=O) groups is 1. The maximum atomic E-state index is 13.4. The third-order valence-corrected chi connectivity index (χ3v) is 5.12. The average Bonchev–Trinajstić information content (AvgIpc) is 3.11. The number of nitrogens with zero attached hydrogens (tertiary/aromatic N) is 3. The highest BCUT2D eigenvalue weighted by atomic mass is 32.2. The van der Waals surface area contributed by atoms with Crippen LogP contribution in [-0.4, -0.2) is 45.8 Å². The van der Waals surface area contributed by atoms with Crippen molar-refractivity contribution >= 4 is 17.7 Å². The monoisotopic (exact) mass is 415 g/mol. The topological polar surface area (TPSA) is 104 Å². The largest absolute Gasteiger partial charge is 0.486 e. The molecule has 4 rings (SSSR count). The lowest BCUT2D eigenvalue weighted by atomic mass is 10.2. The zero-order valence-corrected chi connectivity index (χ0v) is 16.1. The van der Waals surface area contributed by atoms with Crippen LogP contribution in [0.15, 0.2) is 53.7 Å². The molecule has 10 heteroatoms. The highest BCUT2D eigenvalue weighted by molar-refractivity contribution is 7.99. The fourth-order valence-corrected chi connectivity index (χ4v) is 3.46. The predicted molar refractivity (Wildman–Crippen MR) is 106 cm³/mol. The molecule has 0 bridgehead atoms. The maximum absolute atomic E-state index is 13.4. The van der Waals surface area contributed by atoms with Gasteiger partial charge in [0.1, 0.15) is 18.5 Å². The second-order valence-electron chi connectivity index (χ2n) is 6.28. The Kier molecular flexibility index (Phi) is 5.52. The van der Waals surface area contributed by atoms with Crippen molar-refractivity contribution < 1.29 is 18.7 Å². The van der Waals surface area contributed by atoms with Gasteiger partial charge < -0.3 is 20.6 Å². The van der Waals surface area contributed by atoms with Crippen LogP contribution in [0.25, 0.3) is 11.4 Å². The van der Waals surface area contributed by atoms with Crippen molar-refractivity contribution in [1.29, 1.82) is 0 Å². The molecule has 29 heavy (non-hydrogen) atoms. The van der Waals surface area contributed by atoms with Gasteiger partial charge in [-0.3, -0.25) is 4.79 Å². The number of para-hydroxylation sites is 2. The number of fused-ring (bicyclic) bond motifs is 1. The molecular formula is C19H18FN5O3S. The summed E-state index contributed by atoms with van der Waals surface area (Å²) < 4.78 is 26.1. The summed E-state index contributed by atoms with van der Waals surface area (Å²) in [6, 6.07) is 13.3. The Balaban J connectivity index is 1.28. The molecule has 8 nitrogen and oxygen atoms in total. The minimum atomic E-state index is -0.393. The summed E-state index contributed by atoms with van der Waals surface area (Å²) in [7, 11) is 0. The van der Waals surface area contributed by atoms with E-state index in [0.29, 0.717) is 41.2 Å². The van der Waals surface area contributed by atoms with E-state index in [1.54, 1.807) is 12.1 Å². The zero-order chi connectivity index (χ0) is 20.2. The molecule has 0 radical (unpaired) electrons. The van der Waals surface area contributed by atoms with Crippen LogP contribution >= 0.6 is 11.8 Å². The second kappa shape index (κ2) is 8.39. The van der Waals surface area contributed by atoms with Crippen LogP contribution in [0.5, 0.6) is 11.5 Å². The number of nitrogens with one attached hydrogen (secondary N) is 1. The first kappa shape index (κ1) is 19.1. The van der Waals surface area contributed by atoms with Gasteiger partial charge in [-0.05, 0) is 24.3 Å². The Labute approximate surface area is 170 Å². The van der Waals surface area contributed by atoms with Crippen molar-refractivity contribution in [2.75, 3.05) is 24.7 Å². The van der Waals surface area contributed by atoms with Gasteiger partial charge in [0.15, 0.2) is 17.3 Å². The van der Waals surface area contributed by atoms with Gasteiger partial charge in [0, 0.05) is 5.56 Å². The summed E-state index contributed by atoms with van der Waals surface area (Å²) in [5.41, 5.74) is 0.506. The molecule has 2 heterocycles. The molecular weight excluding hydrogens is 397 g/mol. The third kappa shape index (κ3) is 4.43. The van der Waals surface area contributed by atoms with E-state index >= 15 is 0 Å². The van der Waals surface area contributed by atoms with Crippen molar-refractivity contribution in [2.24, 2.45) is 0 Å². The van der Waals surface area contributed by atoms with E-state index in [1.165, 1.54) is 16.8 Å². The number of thioether (sulfide) groups is 1. The van der Waals surface area contributed by atoms with Gasteiger partial charge in [-0.2, -0.15) is 0 Å². The molecule has 1 aromatic heterocycles. The second-order valence-corrected chi connectivity index (χ2v) is 7.22. The number of aromatic nitrogens is 3. The molecule has 0 aliphatic carbocycles. The minimum Gasteiger partial charge on any atom is -0.486 e. The van der Waals surface area contributed by atoms with Gasteiger partial charge in [-0.15, -0.1) is 10.2 Å². The van der Waals surface area contributed by atoms with Crippen molar-refractivity contribution in [3.63, 3.8) is 0 Å². The van der Waals surface area contributed by atoms with Crippen LogP contribution in [0, 0.1) is 5.82 Å². The molecule has 1 atom stereocenters. The Morgan fingerprint density at radius 2 is 2.07 bits per heavy atom. The van der Waals surface area contributed by atoms with E-state index in [9.17, 15) is 9.18 Å². The first-order valence-electron chi connectivity index (χ1n) is 8.84. The third-order valence-electron chi connectivity index (χ3n) is 4.17. The van der Waals surface area contributed by atoms with E-state index in [2.05, 4.69) is 15.5 Å². The molecule has 150 valence electrons. The number of hydrogen-bond donors (Lipinski definition) is 2. The summed E-state index contributed by atoms with van der Waals surface area (Å²) in [4.78, 5) is 12.2.